The van der Waals surface area contributed by atoms with Crippen LogP contribution in [-0.2, 0) is 0 Å². The van der Waals surface area contributed by atoms with E-state index in [1.807, 2.05) is 43.5 Å². The van der Waals surface area contributed by atoms with E-state index in [2.05, 4.69) is 10.6 Å². The van der Waals surface area contributed by atoms with E-state index in [4.69, 9.17) is 4.98 Å². The first-order valence-electron chi connectivity index (χ1n) is 8.75. The molecular weight excluding hydrogens is 374 g/mol. The quantitative estimate of drug-likeness (QED) is 0.499. The Hall–Kier alpha value is -3.32. The highest BCUT2D eigenvalue weighted by molar-refractivity contribution is 7.11. The smallest absolute Gasteiger partial charge is 0.319 e. The van der Waals surface area contributed by atoms with E-state index in [9.17, 15) is 15.0 Å². The van der Waals surface area contributed by atoms with Crippen molar-refractivity contribution in [3.8, 4) is 22.8 Å². The molecule has 0 saturated carbocycles. The number of allylic oxidation sites excluding steroid dienone is 1. The van der Waals surface area contributed by atoms with Gasteiger partial charge in [-0.1, -0.05) is 35.9 Å². The molecule has 2 heterocycles. The van der Waals surface area contributed by atoms with Crippen LogP contribution in [0, 0.1) is 6.92 Å². The summed E-state index contributed by atoms with van der Waals surface area (Å²) in [5.41, 5.74) is 5.26. The van der Waals surface area contributed by atoms with Crippen molar-refractivity contribution in [2.75, 3.05) is 0 Å². The fourth-order valence-corrected chi connectivity index (χ4v) is 4.16. The van der Waals surface area contributed by atoms with Gasteiger partial charge in [-0.15, -0.1) is 11.3 Å². The Balaban J connectivity index is 1.77. The molecule has 2 aromatic carbocycles. The number of urea groups is 1. The van der Waals surface area contributed by atoms with E-state index < -0.39 is 6.04 Å². The summed E-state index contributed by atoms with van der Waals surface area (Å²) in [6.45, 7) is 3.87. The first-order chi connectivity index (χ1) is 13.4. The zero-order chi connectivity index (χ0) is 19.8. The lowest BCUT2D eigenvalue weighted by Crippen LogP contribution is -2.42. The van der Waals surface area contributed by atoms with Crippen molar-refractivity contribution in [3.63, 3.8) is 0 Å². The van der Waals surface area contributed by atoms with Gasteiger partial charge >= 0.3 is 6.03 Å². The highest BCUT2D eigenvalue weighted by atomic mass is 32.1. The SMILES string of the molecule is CC1=C(c2nc(-c3ccc(C)cc3)cs2)C(c2ccc(O)c(O)c2)NC(=O)N1. The standard InChI is InChI=1S/C21H19N3O3S/c1-11-3-5-13(6-4-11)15-10-28-20(23-15)18-12(2)22-21(27)24-19(18)14-7-8-16(25)17(26)9-14/h3-10,19,25-26H,1-2H3,(H2,22,24,27). The molecule has 28 heavy (non-hydrogen) atoms. The van der Waals surface area contributed by atoms with Gasteiger partial charge in [0.25, 0.3) is 0 Å². The van der Waals surface area contributed by atoms with Crippen molar-refractivity contribution in [1.82, 2.24) is 15.6 Å². The van der Waals surface area contributed by atoms with Gasteiger partial charge in [0.05, 0.1) is 11.7 Å². The topological polar surface area (TPSA) is 94.5 Å². The van der Waals surface area contributed by atoms with E-state index in [0.717, 1.165) is 21.8 Å². The highest BCUT2D eigenvalue weighted by Gasteiger charge is 2.30. The van der Waals surface area contributed by atoms with Crippen LogP contribution in [0.4, 0.5) is 4.79 Å². The number of thiazole rings is 1. The third kappa shape index (κ3) is 3.32. The Bertz CT molecular complexity index is 1090. The average molecular weight is 393 g/mol. The number of amides is 2. The van der Waals surface area contributed by atoms with Gasteiger partial charge in [0.2, 0.25) is 0 Å². The van der Waals surface area contributed by atoms with Gasteiger partial charge in [-0.2, -0.15) is 0 Å². The number of carbonyl (C=O) groups excluding carboxylic acids is 1. The summed E-state index contributed by atoms with van der Waals surface area (Å²) >= 11 is 1.49. The summed E-state index contributed by atoms with van der Waals surface area (Å²) in [5.74, 6) is -0.441. The van der Waals surface area contributed by atoms with Crippen molar-refractivity contribution in [1.29, 1.82) is 0 Å². The Morgan fingerprint density at radius 2 is 1.79 bits per heavy atom. The molecule has 0 radical (unpaired) electrons. The van der Waals surface area contributed by atoms with Crippen LogP contribution < -0.4 is 10.6 Å². The van der Waals surface area contributed by atoms with Gasteiger partial charge in [-0.3, -0.25) is 0 Å². The predicted molar refractivity (Wildman–Crippen MR) is 109 cm³/mol. The van der Waals surface area contributed by atoms with E-state index in [1.54, 1.807) is 6.07 Å². The molecule has 0 bridgehead atoms. The lowest BCUT2D eigenvalue weighted by Gasteiger charge is -2.28. The number of aromatic nitrogens is 1. The summed E-state index contributed by atoms with van der Waals surface area (Å²) in [5, 5.41) is 27.9. The van der Waals surface area contributed by atoms with Crippen molar-refractivity contribution in [3.05, 3.63) is 69.7 Å². The number of aromatic hydroxyl groups is 2. The zero-order valence-electron chi connectivity index (χ0n) is 15.4. The van der Waals surface area contributed by atoms with Crippen LogP contribution in [-0.4, -0.2) is 21.2 Å². The first kappa shape index (κ1) is 18.1. The van der Waals surface area contributed by atoms with Gasteiger partial charge in [0.15, 0.2) is 11.5 Å². The molecule has 1 aromatic heterocycles. The second kappa shape index (κ2) is 7.01. The maximum atomic E-state index is 12.1. The molecule has 0 spiro atoms. The summed E-state index contributed by atoms with van der Waals surface area (Å²) in [7, 11) is 0. The minimum absolute atomic E-state index is 0.206. The van der Waals surface area contributed by atoms with Crippen LogP contribution in [0.2, 0.25) is 0 Å². The Morgan fingerprint density at radius 3 is 2.50 bits per heavy atom. The van der Waals surface area contributed by atoms with Gasteiger partial charge in [0, 0.05) is 22.2 Å². The molecular formula is C21H19N3O3S. The van der Waals surface area contributed by atoms with Crippen molar-refractivity contribution < 1.29 is 15.0 Å². The maximum Gasteiger partial charge on any atom is 0.319 e. The van der Waals surface area contributed by atoms with Gasteiger partial charge in [-0.25, -0.2) is 9.78 Å². The van der Waals surface area contributed by atoms with Gasteiger partial charge < -0.3 is 20.8 Å². The molecule has 1 unspecified atom stereocenters. The molecule has 3 aromatic rings. The number of carbonyl (C=O) groups is 1. The minimum Gasteiger partial charge on any atom is -0.504 e. The maximum absolute atomic E-state index is 12.1. The van der Waals surface area contributed by atoms with E-state index in [1.165, 1.54) is 29.0 Å². The molecule has 0 saturated heterocycles. The molecule has 2 amide bonds. The molecule has 4 rings (SSSR count). The summed E-state index contributed by atoms with van der Waals surface area (Å²) in [6, 6.07) is 11.9. The van der Waals surface area contributed by atoms with Crippen LogP contribution in [0.1, 0.15) is 29.1 Å². The predicted octanol–water partition coefficient (Wildman–Crippen LogP) is 4.31. The second-order valence-corrected chi connectivity index (χ2v) is 7.58. The molecule has 1 aliphatic rings. The largest absolute Gasteiger partial charge is 0.504 e. The normalized spacial score (nSPS) is 16.6. The van der Waals surface area contributed by atoms with Crippen LogP contribution in [0.3, 0.4) is 0 Å². The third-order valence-electron chi connectivity index (χ3n) is 4.68. The van der Waals surface area contributed by atoms with Gasteiger partial charge in [-0.05, 0) is 31.5 Å². The van der Waals surface area contributed by atoms with E-state index >= 15 is 0 Å². The minimum atomic E-state index is -0.489. The number of hydrogen-bond donors (Lipinski definition) is 4. The number of rotatable bonds is 3. The number of phenols is 2. The number of nitrogens with zero attached hydrogens (tertiary/aromatic N) is 1. The van der Waals surface area contributed by atoms with Gasteiger partial charge in [0.1, 0.15) is 5.01 Å². The van der Waals surface area contributed by atoms with Crippen molar-refractivity contribution >= 4 is 22.9 Å². The lowest BCUT2D eigenvalue weighted by atomic mass is 9.95. The Kier molecular flexibility index (Phi) is 4.52. The molecule has 0 fully saturated rings. The van der Waals surface area contributed by atoms with Crippen LogP contribution >= 0.6 is 11.3 Å². The van der Waals surface area contributed by atoms with Crippen LogP contribution in [0.15, 0.2) is 53.5 Å². The summed E-state index contributed by atoms with van der Waals surface area (Å²) in [6.07, 6.45) is 0. The number of hydrogen-bond acceptors (Lipinski definition) is 5. The number of benzene rings is 2. The van der Waals surface area contributed by atoms with E-state index in [0.29, 0.717) is 11.3 Å². The monoisotopic (exact) mass is 393 g/mol. The Labute approximate surface area is 166 Å². The Morgan fingerprint density at radius 1 is 1.04 bits per heavy atom. The molecule has 6 nitrogen and oxygen atoms in total. The molecule has 1 atom stereocenters. The van der Waals surface area contributed by atoms with Crippen molar-refractivity contribution in [2.24, 2.45) is 0 Å². The second-order valence-electron chi connectivity index (χ2n) is 6.72. The summed E-state index contributed by atoms with van der Waals surface area (Å²) < 4.78 is 0. The molecule has 4 N–H and O–H groups in total. The number of phenolic OH excluding ortho intramolecular Hbond substituents is 2. The highest BCUT2D eigenvalue weighted by Crippen LogP contribution is 2.39. The van der Waals surface area contributed by atoms with Crippen molar-refractivity contribution in [2.45, 2.75) is 19.9 Å². The third-order valence-corrected chi connectivity index (χ3v) is 5.56. The summed E-state index contributed by atoms with van der Waals surface area (Å²) in [4.78, 5) is 16.8. The molecule has 7 heteroatoms. The number of aryl methyl sites for hydroxylation is 1. The fraction of sp³-hybridized carbons (Fsp3) is 0.143. The van der Waals surface area contributed by atoms with Crippen LogP contribution in [0.5, 0.6) is 11.5 Å². The first-order valence-corrected chi connectivity index (χ1v) is 9.63. The number of nitrogens with one attached hydrogen (secondary N) is 2. The fourth-order valence-electron chi connectivity index (χ4n) is 3.20. The molecule has 1 aliphatic heterocycles. The average Bonchev–Trinajstić information content (AvgIpc) is 3.13. The molecule has 142 valence electrons. The molecule has 0 aliphatic carbocycles. The lowest BCUT2D eigenvalue weighted by molar-refractivity contribution is 0.240. The van der Waals surface area contributed by atoms with E-state index in [-0.39, 0.29) is 17.5 Å². The zero-order valence-corrected chi connectivity index (χ0v) is 16.2. The van der Waals surface area contributed by atoms with Crippen LogP contribution in [0.25, 0.3) is 16.8 Å².